The molecule has 3 nitrogen and oxygen atoms in total. The fourth-order valence-corrected chi connectivity index (χ4v) is 2.74. The lowest BCUT2D eigenvalue weighted by molar-refractivity contribution is 0.00578. The molecule has 1 saturated heterocycles. The molecule has 20 heavy (non-hydrogen) atoms. The van der Waals surface area contributed by atoms with E-state index in [4.69, 9.17) is 9.31 Å². The van der Waals surface area contributed by atoms with Gasteiger partial charge in [0.05, 0.1) is 17.0 Å². The summed E-state index contributed by atoms with van der Waals surface area (Å²) < 4.78 is 37.5. The van der Waals surface area contributed by atoms with Crippen molar-refractivity contribution in [3.05, 3.63) is 29.6 Å². The molecule has 0 aliphatic carbocycles. The molecule has 6 heteroatoms. The molecule has 0 radical (unpaired) electrons. The summed E-state index contributed by atoms with van der Waals surface area (Å²) in [5.74, 6) is -0.194. The molecule has 1 unspecified atom stereocenters. The zero-order chi connectivity index (χ0) is 15.1. The van der Waals surface area contributed by atoms with Gasteiger partial charge < -0.3 is 9.31 Å². The average molecular weight is 298 g/mol. The van der Waals surface area contributed by atoms with E-state index in [1.807, 2.05) is 27.7 Å². The van der Waals surface area contributed by atoms with Gasteiger partial charge in [-0.05, 0) is 33.3 Å². The summed E-state index contributed by atoms with van der Waals surface area (Å²) in [6, 6.07) is 5.04. The highest BCUT2D eigenvalue weighted by molar-refractivity contribution is 7.83. The smallest absolute Gasteiger partial charge is 0.399 e. The molecule has 1 aromatic carbocycles. The van der Waals surface area contributed by atoms with Gasteiger partial charge in [-0.2, -0.15) is 0 Å². The van der Waals surface area contributed by atoms with Crippen molar-refractivity contribution < 1.29 is 17.9 Å². The van der Waals surface area contributed by atoms with Gasteiger partial charge in [0.1, 0.15) is 5.82 Å². The number of hydrogen-bond acceptors (Lipinski definition) is 3. The average Bonchev–Trinajstić information content (AvgIpc) is 2.50. The van der Waals surface area contributed by atoms with E-state index in [9.17, 15) is 8.60 Å². The molecule has 1 aliphatic heterocycles. The van der Waals surface area contributed by atoms with Crippen molar-refractivity contribution in [1.29, 1.82) is 0 Å². The van der Waals surface area contributed by atoms with E-state index in [0.29, 0.717) is 11.0 Å². The summed E-state index contributed by atoms with van der Waals surface area (Å²) in [5, 5.41) is 0. The lowest BCUT2D eigenvalue weighted by Gasteiger charge is -2.32. The summed E-state index contributed by atoms with van der Waals surface area (Å²) in [6.45, 7) is 7.71. The zero-order valence-corrected chi connectivity index (χ0v) is 13.3. The van der Waals surface area contributed by atoms with Crippen LogP contribution in [0.15, 0.2) is 18.2 Å². The van der Waals surface area contributed by atoms with Crippen LogP contribution in [0.5, 0.6) is 0 Å². The summed E-state index contributed by atoms with van der Waals surface area (Å²) >= 11 is 0. The summed E-state index contributed by atoms with van der Waals surface area (Å²) in [6.07, 6.45) is 1.56. The number of halogens is 1. The van der Waals surface area contributed by atoms with Gasteiger partial charge in [0, 0.05) is 22.5 Å². The van der Waals surface area contributed by atoms with Gasteiger partial charge in [0.2, 0.25) is 0 Å². The van der Waals surface area contributed by atoms with Crippen LogP contribution in [0, 0.1) is 5.82 Å². The molecule has 0 spiro atoms. The van der Waals surface area contributed by atoms with Crippen LogP contribution < -0.4 is 5.46 Å². The Labute approximate surface area is 122 Å². The third kappa shape index (κ3) is 2.82. The highest BCUT2D eigenvalue weighted by atomic mass is 32.2. The Morgan fingerprint density at radius 1 is 1.20 bits per heavy atom. The molecule has 0 amide bonds. The van der Waals surface area contributed by atoms with E-state index < -0.39 is 29.1 Å². The van der Waals surface area contributed by atoms with Gasteiger partial charge in [-0.25, -0.2) is 4.39 Å². The van der Waals surface area contributed by atoms with Crippen LogP contribution in [0.3, 0.4) is 0 Å². The number of hydrogen-bond donors (Lipinski definition) is 0. The van der Waals surface area contributed by atoms with Crippen molar-refractivity contribution >= 4 is 23.4 Å². The largest absolute Gasteiger partial charge is 0.497 e. The first-order valence-corrected chi connectivity index (χ1v) is 8.30. The van der Waals surface area contributed by atoms with Crippen LogP contribution in [0.1, 0.15) is 33.3 Å². The third-order valence-corrected chi connectivity index (χ3v) is 4.69. The Morgan fingerprint density at radius 2 is 1.75 bits per heavy atom. The quantitative estimate of drug-likeness (QED) is 0.801. The number of benzene rings is 1. The van der Waals surface area contributed by atoms with E-state index >= 15 is 0 Å². The minimum Gasteiger partial charge on any atom is -0.399 e. The fraction of sp³-hybridized carbons (Fsp3) is 0.571. The summed E-state index contributed by atoms with van der Waals surface area (Å²) in [4.78, 5) is 0. The van der Waals surface area contributed by atoms with Gasteiger partial charge in [0.15, 0.2) is 0 Å². The second-order valence-corrected chi connectivity index (χ2v) is 7.56. The molecule has 0 bridgehead atoms. The molecule has 1 atom stereocenters. The normalized spacial score (nSPS) is 22.0. The van der Waals surface area contributed by atoms with E-state index in [1.165, 1.54) is 0 Å². The Hall–Kier alpha value is -0.715. The first-order chi connectivity index (χ1) is 9.14. The lowest BCUT2D eigenvalue weighted by Crippen LogP contribution is -2.41. The van der Waals surface area contributed by atoms with Crippen molar-refractivity contribution in [3.8, 4) is 0 Å². The van der Waals surface area contributed by atoms with Crippen molar-refractivity contribution in [2.24, 2.45) is 0 Å². The zero-order valence-electron chi connectivity index (χ0n) is 12.5. The maximum atomic E-state index is 14.5. The van der Waals surface area contributed by atoms with Crippen LogP contribution in [-0.2, 0) is 25.9 Å². The Balaban J connectivity index is 2.34. The SMILES string of the molecule is CS(=O)Cc1cccc(B2OC(C)(C)C(C)(C)O2)c1F. The van der Waals surface area contributed by atoms with Crippen LogP contribution >= 0.6 is 0 Å². The predicted octanol–water partition coefficient (Wildman–Crippen LogP) is 2.00. The standard InChI is InChI=1S/C14H20BFO3S/c1-13(2)14(3,4)19-15(18-13)11-8-6-7-10(12(11)16)9-20(5)17/h6-8H,9H2,1-5H3. The van der Waals surface area contributed by atoms with E-state index in [2.05, 4.69) is 0 Å². The molecule has 1 heterocycles. The van der Waals surface area contributed by atoms with Crippen molar-refractivity contribution in [2.75, 3.05) is 6.26 Å². The van der Waals surface area contributed by atoms with Crippen molar-refractivity contribution in [2.45, 2.75) is 44.6 Å². The maximum absolute atomic E-state index is 14.5. The van der Waals surface area contributed by atoms with E-state index in [1.54, 1.807) is 24.5 Å². The monoisotopic (exact) mass is 298 g/mol. The van der Waals surface area contributed by atoms with Gasteiger partial charge in [-0.15, -0.1) is 0 Å². The first-order valence-electron chi connectivity index (χ1n) is 6.57. The first kappa shape index (κ1) is 15.7. The highest BCUT2D eigenvalue weighted by Crippen LogP contribution is 2.36. The lowest BCUT2D eigenvalue weighted by atomic mass is 9.78. The molecule has 1 aromatic rings. The molecular formula is C14H20BFO3S. The van der Waals surface area contributed by atoms with E-state index in [0.717, 1.165) is 0 Å². The fourth-order valence-electron chi connectivity index (χ4n) is 2.08. The molecule has 0 saturated carbocycles. The van der Waals surface area contributed by atoms with Gasteiger partial charge >= 0.3 is 7.12 Å². The van der Waals surface area contributed by atoms with Crippen LogP contribution in [0.2, 0.25) is 0 Å². The molecule has 0 N–H and O–H groups in total. The van der Waals surface area contributed by atoms with Gasteiger partial charge in [0.25, 0.3) is 0 Å². The van der Waals surface area contributed by atoms with Gasteiger partial charge in [-0.3, -0.25) is 4.21 Å². The molecule has 1 aliphatic rings. The van der Waals surface area contributed by atoms with Crippen LogP contribution in [-0.4, -0.2) is 28.8 Å². The van der Waals surface area contributed by atoms with Crippen LogP contribution in [0.25, 0.3) is 0 Å². The minimum atomic E-state index is -1.09. The Morgan fingerprint density at radius 3 is 2.25 bits per heavy atom. The third-order valence-electron chi connectivity index (χ3n) is 3.97. The molecule has 1 fully saturated rings. The van der Waals surface area contributed by atoms with Crippen molar-refractivity contribution in [1.82, 2.24) is 0 Å². The second kappa shape index (κ2) is 5.24. The van der Waals surface area contributed by atoms with Gasteiger partial charge in [-0.1, -0.05) is 18.2 Å². The maximum Gasteiger partial charge on any atom is 0.497 e. The molecule has 110 valence electrons. The van der Waals surface area contributed by atoms with Crippen molar-refractivity contribution in [3.63, 3.8) is 0 Å². The summed E-state index contributed by atoms with van der Waals surface area (Å²) in [5.41, 5.74) is -0.217. The number of rotatable bonds is 3. The highest BCUT2D eigenvalue weighted by Gasteiger charge is 2.52. The van der Waals surface area contributed by atoms with Crippen LogP contribution in [0.4, 0.5) is 4.39 Å². The minimum absolute atomic E-state index is 0.194. The topological polar surface area (TPSA) is 35.5 Å². The second-order valence-electron chi connectivity index (χ2n) is 6.13. The predicted molar refractivity (Wildman–Crippen MR) is 79.9 cm³/mol. The summed E-state index contributed by atoms with van der Waals surface area (Å²) in [7, 11) is -1.82. The van der Waals surface area contributed by atoms with E-state index in [-0.39, 0.29) is 11.6 Å². The molecular weight excluding hydrogens is 278 g/mol. The molecule has 0 aromatic heterocycles. The Bertz CT molecular complexity index is 529. The molecule has 2 rings (SSSR count). The Kier molecular flexibility index (Phi) is 4.11.